The van der Waals surface area contributed by atoms with Gasteiger partial charge in [-0.3, -0.25) is 9.59 Å². The summed E-state index contributed by atoms with van der Waals surface area (Å²) in [7, 11) is 0. The average molecular weight is 366 g/mol. The van der Waals surface area contributed by atoms with Crippen LogP contribution in [0.2, 0.25) is 5.02 Å². The predicted octanol–water partition coefficient (Wildman–Crippen LogP) is 2.38. The molecule has 0 radical (unpaired) electrons. The summed E-state index contributed by atoms with van der Waals surface area (Å²) >= 11 is 8.18. The maximum atomic E-state index is 11.7. The number of carboxylic acid groups (broad SMARTS) is 1. The Bertz CT molecular complexity index is 492. The summed E-state index contributed by atoms with van der Waals surface area (Å²) in [5.74, 6) is -1.78. The van der Waals surface area contributed by atoms with Gasteiger partial charge in [0.1, 0.15) is 0 Å². The largest absolute Gasteiger partial charge is 0.481 e. The number of carboxylic acids is 1. The van der Waals surface area contributed by atoms with Crippen LogP contribution in [0, 0.1) is 9.49 Å². The molecule has 1 heterocycles. The van der Waals surface area contributed by atoms with Crippen LogP contribution in [0.5, 0.6) is 0 Å². The molecule has 1 N–H and O–H groups in total. The smallest absolute Gasteiger partial charge is 0.308 e. The number of carbonyl (C=O) groups is 2. The third-order valence-electron chi connectivity index (χ3n) is 2.67. The molecule has 0 aromatic heterocycles. The second-order valence-corrected chi connectivity index (χ2v) is 5.49. The maximum Gasteiger partial charge on any atom is 0.308 e. The first-order valence-electron chi connectivity index (χ1n) is 4.97. The lowest BCUT2D eigenvalue weighted by atomic mass is 10.1. The van der Waals surface area contributed by atoms with Crippen LogP contribution in [0.3, 0.4) is 0 Å². The van der Waals surface area contributed by atoms with Crippen LogP contribution in [0.15, 0.2) is 18.2 Å². The zero-order valence-corrected chi connectivity index (χ0v) is 11.6. The molecule has 1 atom stereocenters. The van der Waals surface area contributed by atoms with E-state index in [0.717, 1.165) is 3.57 Å². The maximum absolute atomic E-state index is 11.7. The van der Waals surface area contributed by atoms with Crippen molar-refractivity contribution in [3.63, 3.8) is 0 Å². The Morgan fingerprint density at radius 2 is 2.24 bits per heavy atom. The molecular weight excluding hydrogens is 356 g/mol. The highest BCUT2D eigenvalue weighted by molar-refractivity contribution is 14.1. The van der Waals surface area contributed by atoms with Crippen LogP contribution in [0.25, 0.3) is 0 Å². The molecular formula is C11H9ClINO3. The van der Waals surface area contributed by atoms with Gasteiger partial charge < -0.3 is 10.0 Å². The van der Waals surface area contributed by atoms with Gasteiger partial charge in [0.05, 0.1) is 16.6 Å². The minimum atomic E-state index is -0.942. The molecule has 1 aliphatic rings. The zero-order valence-electron chi connectivity index (χ0n) is 8.69. The van der Waals surface area contributed by atoms with E-state index >= 15 is 0 Å². The fraction of sp³-hybridized carbons (Fsp3) is 0.273. The van der Waals surface area contributed by atoms with Crippen LogP contribution in [-0.4, -0.2) is 23.5 Å². The van der Waals surface area contributed by atoms with Crippen LogP contribution >= 0.6 is 34.2 Å². The normalized spacial score (nSPS) is 19.8. The number of aliphatic carboxylic acids is 1. The number of benzene rings is 1. The molecule has 1 aliphatic heterocycles. The lowest BCUT2D eigenvalue weighted by molar-refractivity contribution is -0.141. The van der Waals surface area contributed by atoms with Gasteiger partial charge in [-0.15, -0.1) is 0 Å². The molecule has 17 heavy (non-hydrogen) atoms. The van der Waals surface area contributed by atoms with E-state index in [1.807, 2.05) is 6.07 Å². The van der Waals surface area contributed by atoms with Crippen molar-refractivity contribution >= 4 is 51.8 Å². The van der Waals surface area contributed by atoms with Crippen LogP contribution < -0.4 is 4.90 Å². The molecule has 0 bridgehead atoms. The van der Waals surface area contributed by atoms with E-state index < -0.39 is 11.9 Å². The highest BCUT2D eigenvalue weighted by atomic mass is 127. The summed E-state index contributed by atoms with van der Waals surface area (Å²) in [4.78, 5) is 24.0. The van der Waals surface area contributed by atoms with E-state index in [1.54, 1.807) is 12.1 Å². The molecule has 90 valence electrons. The number of halogens is 2. The summed E-state index contributed by atoms with van der Waals surface area (Å²) in [6.07, 6.45) is 0.0393. The van der Waals surface area contributed by atoms with Crippen molar-refractivity contribution in [2.24, 2.45) is 5.92 Å². The summed E-state index contributed by atoms with van der Waals surface area (Å²) in [5, 5.41) is 9.36. The highest BCUT2D eigenvalue weighted by Gasteiger charge is 2.35. The van der Waals surface area contributed by atoms with E-state index in [1.165, 1.54) is 4.90 Å². The third kappa shape index (κ3) is 2.55. The Balaban J connectivity index is 2.29. The van der Waals surface area contributed by atoms with Crippen molar-refractivity contribution in [2.45, 2.75) is 6.42 Å². The molecule has 1 amide bonds. The Hall–Kier alpha value is -0.820. The van der Waals surface area contributed by atoms with Crippen LogP contribution in [0.1, 0.15) is 6.42 Å². The zero-order chi connectivity index (χ0) is 12.6. The van der Waals surface area contributed by atoms with E-state index in [9.17, 15) is 9.59 Å². The van der Waals surface area contributed by atoms with Crippen LogP contribution in [0.4, 0.5) is 5.69 Å². The first-order valence-corrected chi connectivity index (χ1v) is 6.43. The average Bonchev–Trinajstić information content (AvgIpc) is 2.61. The standard InChI is InChI=1S/C11H9ClINO3/c12-8-4-7(13)1-2-9(8)14-5-6(11(16)17)3-10(14)15/h1-2,4,6H,3,5H2,(H,16,17). The summed E-state index contributed by atoms with van der Waals surface area (Å²) in [5.41, 5.74) is 0.584. The predicted molar refractivity (Wildman–Crippen MR) is 72.3 cm³/mol. The lowest BCUT2D eigenvalue weighted by Crippen LogP contribution is -2.26. The van der Waals surface area contributed by atoms with Crippen molar-refractivity contribution in [1.29, 1.82) is 0 Å². The molecule has 1 unspecified atom stereocenters. The molecule has 0 aliphatic carbocycles. The summed E-state index contributed by atoms with van der Waals surface area (Å²) in [6.45, 7) is 0.189. The van der Waals surface area contributed by atoms with E-state index in [-0.39, 0.29) is 18.9 Å². The second kappa shape index (κ2) is 4.81. The number of carbonyl (C=O) groups excluding carboxylic acids is 1. The van der Waals surface area contributed by atoms with Gasteiger partial charge in [0, 0.05) is 16.5 Å². The highest BCUT2D eigenvalue weighted by Crippen LogP contribution is 2.32. The van der Waals surface area contributed by atoms with Gasteiger partial charge in [-0.1, -0.05) is 11.6 Å². The number of hydrogen-bond donors (Lipinski definition) is 1. The van der Waals surface area contributed by atoms with E-state index in [4.69, 9.17) is 16.7 Å². The fourth-order valence-corrected chi connectivity index (χ4v) is 2.76. The van der Waals surface area contributed by atoms with Gasteiger partial charge in [0.2, 0.25) is 5.91 Å². The van der Waals surface area contributed by atoms with Gasteiger partial charge in [-0.2, -0.15) is 0 Å². The van der Waals surface area contributed by atoms with Crippen LogP contribution in [-0.2, 0) is 9.59 Å². The van der Waals surface area contributed by atoms with Crippen molar-refractivity contribution in [3.8, 4) is 0 Å². The third-order valence-corrected chi connectivity index (χ3v) is 3.65. The monoisotopic (exact) mass is 365 g/mol. The minimum absolute atomic E-state index is 0.0393. The topological polar surface area (TPSA) is 57.6 Å². The van der Waals surface area contributed by atoms with Gasteiger partial charge >= 0.3 is 5.97 Å². The lowest BCUT2D eigenvalue weighted by Gasteiger charge is -2.17. The van der Waals surface area contributed by atoms with Crippen molar-refractivity contribution in [3.05, 3.63) is 26.8 Å². The quantitative estimate of drug-likeness (QED) is 0.819. The van der Waals surface area contributed by atoms with Crippen molar-refractivity contribution in [2.75, 3.05) is 11.4 Å². The van der Waals surface area contributed by atoms with Gasteiger partial charge in [-0.05, 0) is 40.8 Å². The first-order chi connectivity index (χ1) is 7.99. The molecule has 2 rings (SSSR count). The summed E-state index contributed by atoms with van der Waals surface area (Å²) in [6, 6.07) is 5.33. The Labute approximate surface area is 117 Å². The summed E-state index contributed by atoms with van der Waals surface area (Å²) < 4.78 is 0.970. The Morgan fingerprint density at radius 3 is 2.76 bits per heavy atom. The van der Waals surface area contributed by atoms with Gasteiger partial charge in [0.15, 0.2) is 0 Å². The fourth-order valence-electron chi connectivity index (χ4n) is 1.81. The molecule has 1 saturated heterocycles. The number of nitrogens with zero attached hydrogens (tertiary/aromatic N) is 1. The molecule has 0 saturated carbocycles. The molecule has 6 heteroatoms. The minimum Gasteiger partial charge on any atom is -0.481 e. The second-order valence-electron chi connectivity index (χ2n) is 3.84. The van der Waals surface area contributed by atoms with Crippen molar-refractivity contribution in [1.82, 2.24) is 0 Å². The SMILES string of the molecule is O=C(O)C1CC(=O)N(c2ccc(I)cc2Cl)C1. The van der Waals surface area contributed by atoms with Gasteiger partial charge in [-0.25, -0.2) is 0 Å². The number of hydrogen-bond acceptors (Lipinski definition) is 2. The van der Waals surface area contributed by atoms with E-state index in [0.29, 0.717) is 10.7 Å². The molecule has 4 nitrogen and oxygen atoms in total. The van der Waals surface area contributed by atoms with Crippen molar-refractivity contribution < 1.29 is 14.7 Å². The molecule has 1 fully saturated rings. The Kier molecular flexibility index (Phi) is 3.58. The number of amides is 1. The number of anilines is 1. The molecule has 1 aromatic rings. The Morgan fingerprint density at radius 1 is 1.53 bits per heavy atom. The number of rotatable bonds is 2. The van der Waals surface area contributed by atoms with Gasteiger partial charge in [0.25, 0.3) is 0 Å². The molecule has 1 aromatic carbocycles. The first kappa shape index (κ1) is 12.6. The molecule has 0 spiro atoms. The van der Waals surface area contributed by atoms with E-state index in [2.05, 4.69) is 22.6 Å².